The Bertz CT molecular complexity index is 833. The summed E-state index contributed by atoms with van der Waals surface area (Å²) in [6.45, 7) is 0. The molecular formula is C16H13ClN2O2S. The smallest absolute Gasteiger partial charge is 0.321 e. The van der Waals surface area contributed by atoms with Crippen molar-refractivity contribution in [1.29, 1.82) is 0 Å². The molecule has 0 saturated carbocycles. The van der Waals surface area contributed by atoms with Crippen LogP contribution in [0.2, 0.25) is 5.02 Å². The maximum absolute atomic E-state index is 11.6. The van der Waals surface area contributed by atoms with Crippen molar-refractivity contribution >= 4 is 40.4 Å². The lowest BCUT2D eigenvalue weighted by atomic mass is 10.1. The van der Waals surface area contributed by atoms with Gasteiger partial charge in [0.15, 0.2) is 5.16 Å². The number of aliphatic carboxylic acids is 1. The highest BCUT2D eigenvalue weighted by Gasteiger charge is 2.23. The van der Waals surface area contributed by atoms with Crippen LogP contribution in [0.15, 0.2) is 53.7 Å². The van der Waals surface area contributed by atoms with Gasteiger partial charge in [0.2, 0.25) is 0 Å². The Morgan fingerprint density at radius 1 is 1.27 bits per heavy atom. The van der Waals surface area contributed by atoms with Crippen molar-refractivity contribution in [1.82, 2.24) is 9.55 Å². The van der Waals surface area contributed by atoms with E-state index in [-0.39, 0.29) is 0 Å². The lowest BCUT2D eigenvalue weighted by Crippen LogP contribution is -2.09. The Morgan fingerprint density at radius 3 is 2.68 bits per heavy atom. The molecule has 1 atom stereocenters. The molecular weight excluding hydrogens is 320 g/mol. The number of nitrogens with zero attached hydrogens (tertiary/aromatic N) is 2. The van der Waals surface area contributed by atoms with E-state index >= 15 is 0 Å². The maximum atomic E-state index is 11.6. The minimum absolute atomic E-state index is 0.611. The summed E-state index contributed by atoms with van der Waals surface area (Å²) in [5.41, 5.74) is 2.42. The van der Waals surface area contributed by atoms with E-state index < -0.39 is 11.2 Å². The molecule has 0 aliphatic carbocycles. The van der Waals surface area contributed by atoms with Gasteiger partial charge < -0.3 is 9.67 Å². The number of thioether (sulfide) groups is 1. The van der Waals surface area contributed by atoms with Crippen LogP contribution in [0.5, 0.6) is 0 Å². The first-order valence-corrected chi connectivity index (χ1v) is 7.88. The van der Waals surface area contributed by atoms with Crippen molar-refractivity contribution < 1.29 is 9.90 Å². The zero-order valence-electron chi connectivity index (χ0n) is 11.7. The Hall–Kier alpha value is -1.98. The Labute approximate surface area is 136 Å². The fourth-order valence-electron chi connectivity index (χ4n) is 2.25. The quantitative estimate of drug-likeness (QED) is 0.729. The Kier molecular flexibility index (Phi) is 4.09. The highest BCUT2D eigenvalue weighted by atomic mass is 35.5. The fraction of sp³-hybridized carbons (Fsp3) is 0.125. The monoisotopic (exact) mass is 332 g/mol. The van der Waals surface area contributed by atoms with E-state index in [2.05, 4.69) is 4.98 Å². The van der Waals surface area contributed by atoms with E-state index in [0.29, 0.717) is 10.2 Å². The van der Waals surface area contributed by atoms with Crippen LogP contribution in [0.25, 0.3) is 11.0 Å². The Morgan fingerprint density at radius 2 is 2.00 bits per heavy atom. The van der Waals surface area contributed by atoms with Gasteiger partial charge in [-0.25, -0.2) is 4.98 Å². The van der Waals surface area contributed by atoms with Crippen LogP contribution in [-0.4, -0.2) is 20.6 Å². The molecule has 3 rings (SSSR count). The first kappa shape index (κ1) is 14.9. The molecule has 0 bridgehead atoms. The number of fused-ring (bicyclic) bond motifs is 1. The molecule has 0 radical (unpaired) electrons. The average Bonchev–Trinajstić information content (AvgIpc) is 2.81. The second-order valence-electron chi connectivity index (χ2n) is 4.83. The van der Waals surface area contributed by atoms with Crippen molar-refractivity contribution in [3.8, 4) is 0 Å². The van der Waals surface area contributed by atoms with Gasteiger partial charge in [-0.1, -0.05) is 53.7 Å². The summed E-state index contributed by atoms with van der Waals surface area (Å²) in [4.78, 5) is 16.1. The first-order valence-electron chi connectivity index (χ1n) is 6.62. The largest absolute Gasteiger partial charge is 0.480 e. The van der Waals surface area contributed by atoms with Crippen molar-refractivity contribution in [3.05, 3.63) is 59.1 Å². The molecule has 1 N–H and O–H groups in total. The topological polar surface area (TPSA) is 55.1 Å². The van der Waals surface area contributed by atoms with E-state index in [4.69, 9.17) is 11.6 Å². The van der Waals surface area contributed by atoms with Gasteiger partial charge in [0, 0.05) is 12.1 Å². The molecule has 4 nitrogen and oxygen atoms in total. The number of aryl methyl sites for hydroxylation is 1. The fourth-order valence-corrected chi connectivity index (χ4v) is 3.43. The number of imidazole rings is 1. The summed E-state index contributed by atoms with van der Waals surface area (Å²) in [6, 6.07) is 14.6. The van der Waals surface area contributed by atoms with E-state index in [1.807, 2.05) is 48.0 Å². The molecule has 2 aromatic carbocycles. The summed E-state index contributed by atoms with van der Waals surface area (Å²) in [6.07, 6.45) is 0. The van der Waals surface area contributed by atoms with Gasteiger partial charge >= 0.3 is 5.97 Å². The second kappa shape index (κ2) is 6.02. The Balaban J connectivity index is 2.00. The molecule has 0 fully saturated rings. The number of benzene rings is 2. The molecule has 112 valence electrons. The zero-order chi connectivity index (χ0) is 15.7. The van der Waals surface area contributed by atoms with Gasteiger partial charge in [0.25, 0.3) is 0 Å². The standard InChI is InChI=1S/C16H13ClN2O2S/c1-19-13-8-7-11(17)9-12(13)18-16(19)22-14(15(20)21)10-5-3-2-4-6-10/h2-9,14H,1H3,(H,20,21). The summed E-state index contributed by atoms with van der Waals surface area (Å²) < 4.78 is 1.88. The number of hydrogen-bond acceptors (Lipinski definition) is 3. The first-order chi connectivity index (χ1) is 10.6. The van der Waals surface area contributed by atoms with Crippen LogP contribution < -0.4 is 0 Å². The number of hydrogen-bond donors (Lipinski definition) is 1. The van der Waals surface area contributed by atoms with Gasteiger partial charge in [0.05, 0.1) is 11.0 Å². The van der Waals surface area contributed by atoms with Crippen LogP contribution in [-0.2, 0) is 11.8 Å². The van der Waals surface area contributed by atoms with Crippen molar-refractivity contribution in [3.63, 3.8) is 0 Å². The average molecular weight is 333 g/mol. The lowest BCUT2D eigenvalue weighted by Gasteiger charge is -2.11. The number of aromatic nitrogens is 2. The highest BCUT2D eigenvalue weighted by Crippen LogP contribution is 2.36. The molecule has 3 aromatic rings. The third kappa shape index (κ3) is 2.82. The van der Waals surface area contributed by atoms with Crippen molar-refractivity contribution in [2.75, 3.05) is 0 Å². The minimum atomic E-state index is -0.888. The molecule has 0 saturated heterocycles. The number of halogens is 1. The number of carboxylic acids is 1. The number of rotatable bonds is 4. The van der Waals surface area contributed by atoms with Gasteiger partial charge in [-0.05, 0) is 23.8 Å². The normalized spacial score (nSPS) is 12.5. The van der Waals surface area contributed by atoms with Crippen molar-refractivity contribution in [2.24, 2.45) is 7.05 Å². The molecule has 0 amide bonds. The summed E-state index contributed by atoms with van der Waals surface area (Å²) in [5.74, 6) is -0.888. The number of carbonyl (C=O) groups is 1. The minimum Gasteiger partial charge on any atom is -0.480 e. The van der Waals surface area contributed by atoms with Gasteiger partial charge in [-0.3, -0.25) is 4.79 Å². The third-order valence-corrected chi connectivity index (χ3v) is 4.87. The molecule has 1 aromatic heterocycles. The van der Waals surface area contributed by atoms with Gasteiger partial charge in [-0.15, -0.1) is 0 Å². The summed E-state index contributed by atoms with van der Waals surface area (Å²) in [7, 11) is 1.87. The van der Waals surface area contributed by atoms with E-state index in [0.717, 1.165) is 16.6 Å². The zero-order valence-corrected chi connectivity index (χ0v) is 13.3. The molecule has 0 spiro atoms. The molecule has 1 heterocycles. The van der Waals surface area contributed by atoms with Crippen LogP contribution in [0.4, 0.5) is 0 Å². The highest BCUT2D eigenvalue weighted by molar-refractivity contribution is 8.00. The van der Waals surface area contributed by atoms with E-state index in [1.54, 1.807) is 12.1 Å². The molecule has 0 aliphatic rings. The second-order valence-corrected chi connectivity index (χ2v) is 6.34. The molecule has 1 unspecified atom stereocenters. The van der Waals surface area contributed by atoms with Gasteiger partial charge in [0.1, 0.15) is 5.25 Å². The van der Waals surface area contributed by atoms with E-state index in [1.165, 1.54) is 11.8 Å². The molecule has 22 heavy (non-hydrogen) atoms. The van der Waals surface area contributed by atoms with E-state index in [9.17, 15) is 9.90 Å². The lowest BCUT2D eigenvalue weighted by molar-refractivity contribution is -0.136. The number of carboxylic acid groups (broad SMARTS) is 1. The van der Waals surface area contributed by atoms with Crippen molar-refractivity contribution in [2.45, 2.75) is 10.4 Å². The summed E-state index contributed by atoms with van der Waals surface area (Å²) >= 11 is 7.20. The maximum Gasteiger partial charge on any atom is 0.321 e. The van der Waals surface area contributed by atoms with Crippen LogP contribution >= 0.6 is 23.4 Å². The van der Waals surface area contributed by atoms with Crippen LogP contribution in [0, 0.1) is 0 Å². The van der Waals surface area contributed by atoms with Crippen LogP contribution in [0.3, 0.4) is 0 Å². The molecule has 0 aliphatic heterocycles. The predicted octanol–water partition coefficient (Wildman–Crippen LogP) is 4.14. The van der Waals surface area contributed by atoms with Crippen LogP contribution in [0.1, 0.15) is 10.8 Å². The third-order valence-electron chi connectivity index (χ3n) is 3.35. The SMILES string of the molecule is Cn1c(SC(C(=O)O)c2ccccc2)nc2cc(Cl)ccc21. The predicted molar refractivity (Wildman–Crippen MR) is 88.4 cm³/mol. The van der Waals surface area contributed by atoms with Gasteiger partial charge in [-0.2, -0.15) is 0 Å². The molecule has 6 heteroatoms. The summed E-state index contributed by atoms with van der Waals surface area (Å²) in [5, 5.41) is 10.1.